The van der Waals surface area contributed by atoms with Gasteiger partial charge in [-0.05, 0) is 54.3 Å². The summed E-state index contributed by atoms with van der Waals surface area (Å²) in [5.41, 5.74) is 1.35. The number of nitrogens with zero attached hydrogens (tertiary/aromatic N) is 2. The van der Waals surface area contributed by atoms with Gasteiger partial charge in [0.15, 0.2) is 0 Å². The Bertz CT molecular complexity index is 1540. The fourth-order valence-electron chi connectivity index (χ4n) is 5.01. The summed E-state index contributed by atoms with van der Waals surface area (Å²) in [7, 11) is -4.03. The van der Waals surface area contributed by atoms with Crippen molar-refractivity contribution in [3.8, 4) is 0 Å². The fourth-order valence-corrected chi connectivity index (χ4v) is 6.49. The number of sulfonamides is 1. The zero-order valence-corrected chi connectivity index (χ0v) is 26.0. The van der Waals surface area contributed by atoms with Crippen molar-refractivity contribution in [1.82, 2.24) is 10.2 Å². The van der Waals surface area contributed by atoms with Crippen molar-refractivity contribution in [2.75, 3.05) is 17.1 Å². The second-order valence-corrected chi connectivity index (χ2v) is 13.5. The SMILES string of the molecule is CS(=O)(=O)N(CC(=O)N(Cc1ccc(Cl)cc1Cl)[C@@H](Cc1ccccc1)C(=O)NC1CCCC1)c1ccc(F)c(Cl)c1. The van der Waals surface area contributed by atoms with E-state index >= 15 is 0 Å². The van der Waals surface area contributed by atoms with Crippen LogP contribution in [0.15, 0.2) is 66.7 Å². The van der Waals surface area contributed by atoms with Crippen LogP contribution in [-0.2, 0) is 32.6 Å². The van der Waals surface area contributed by atoms with Crippen molar-refractivity contribution in [3.63, 3.8) is 0 Å². The van der Waals surface area contributed by atoms with Crippen LogP contribution in [0.25, 0.3) is 0 Å². The molecular weight excluding hydrogens is 624 g/mol. The maximum Gasteiger partial charge on any atom is 0.244 e. The minimum Gasteiger partial charge on any atom is -0.352 e. The smallest absolute Gasteiger partial charge is 0.244 e. The molecule has 0 radical (unpaired) electrons. The lowest BCUT2D eigenvalue weighted by molar-refractivity contribution is -0.140. The number of carbonyl (C=O) groups is 2. The molecule has 1 aliphatic rings. The summed E-state index contributed by atoms with van der Waals surface area (Å²) in [5, 5.41) is 3.49. The van der Waals surface area contributed by atoms with Gasteiger partial charge in [0.05, 0.1) is 17.0 Å². The summed E-state index contributed by atoms with van der Waals surface area (Å²) in [6.45, 7) is -0.750. The molecule has 1 N–H and O–H groups in total. The molecule has 0 aliphatic heterocycles. The third-order valence-corrected chi connectivity index (χ3v) is 9.22. The van der Waals surface area contributed by atoms with E-state index < -0.39 is 34.3 Å². The van der Waals surface area contributed by atoms with Crippen LogP contribution in [0.3, 0.4) is 0 Å². The molecule has 3 aromatic carbocycles. The predicted molar refractivity (Wildman–Crippen MR) is 165 cm³/mol. The zero-order valence-electron chi connectivity index (χ0n) is 22.9. The van der Waals surface area contributed by atoms with Gasteiger partial charge < -0.3 is 10.2 Å². The molecule has 2 amide bonds. The Balaban J connectivity index is 1.75. The van der Waals surface area contributed by atoms with Crippen molar-refractivity contribution >= 4 is 62.3 Å². The number of carbonyl (C=O) groups excluding carboxylic acids is 2. The first-order valence-electron chi connectivity index (χ1n) is 13.4. The summed E-state index contributed by atoms with van der Waals surface area (Å²) < 4.78 is 40.5. The lowest BCUT2D eigenvalue weighted by Crippen LogP contribution is -2.54. The second-order valence-electron chi connectivity index (χ2n) is 10.3. The monoisotopic (exact) mass is 653 g/mol. The molecule has 7 nitrogen and oxygen atoms in total. The number of anilines is 1. The van der Waals surface area contributed by atoms with Gasteiger partial charge in [0.25, 0.3) is 0 Å². The molecule has 224 valence electrons. The van der Waals surface area contributed by atoms with Crippen molar-refractivity contribution in [2.24, 2.45) is 0 Å². The largest absolute Gasteiger partial charge is 0.352 e. The van der Waals surface area contributed by atoms with Crippen LogP contribution in [-0.4, -0.2) is 50.0 Å². The highest BCUT2D eigenvalue weighted by Crippen LogP contribution is 2.27. The maximum atomic E-state index is 14.1. The van der Waals surface area contributed by atoms with Gasteiger partial charge in [-0.3, -0.25) is 13.9 Å². The molecule has 0 unspecified atom stereocenters. The topological polar surface area (TPSA) is 86.8 Å². The molecule has 1 atom stereocenters. The number of halogens is 4. The zero-order chi connectivity index (χ0) is 30.4. The Hall–Kier alpha value is -2.85. The average molecular weight is 655 g/mol. The normalized spacial score (nSPS) is 14.4. The second kappa shape index (κ2) is 14.1. The molecule has 42 heavy (non-hydrogen) atoms. The number of benzene rings is 3. The third-order valence-electron chi connectivity index (χ3n) is 7.20. The van der Waals surface area contributed by atoms with E-state index in [1.807, 2.05) is 30.3 Å². The van der Waals surface area contributed by atoms with Crippen molar-refractivity contribution < 1.29 is 22.4 Å². The molecule has 0 bridgehead atoms. The number of nitrogens with one attached hydrogen (secondary N) is 1. The summed E-state index contributed by atoms with van der Waals surface area (Å²) >= 11 is 18.5. The van der Waals surface area contributed by atoms with Crippen LogP contribution in [0, 0.1) is 5.82 Å². The van der Waals surface area contributed by atoms with Crippen LogP contribution in [0.2, 0.25) is 15.1 Å². The highest BCUT2D eigenvalue weighted by molar-refractivity contribution is 7.92. The molecule has 0 heterocycles. The summed E-state index contributed by atoms with van der Waals surface area (Å²) in [5.74, 6) is -1.74. The van der Waals surface area contributed by atoms with Gasteiger partial charge in [0.2, 0.25) is 21.8 Å². The van der Waals surface area contributed by atoms with E-state index in [0.29, 0.717) is 15.6 Å². The fraction of sp³-hybridized carbons (Fsp3) is 0.333. The summed E-state index contributed by atoms with van der Waals surface area (Å²) in [6, 6.07) is 16.5. The Labute approximate surface area is 260 Å². The minimum absolute atomic E-state index is 0.0109. The molecule has 3 aromatic rings. The van der Waals surface area contributed by atoms with Crippen LogP contribution in [0.4, 0.5) is 10.1 Å². The number of rotatable bonds is 11. The highest BCUT2D eigenvalue weighted by Gasteiger charge is 2.34. The lowest BCUT2D eigenvalue weighted by Gasteiger charge is -2.34. The maximum absolute atomic E-state index is 14.1. The number of amides is 2. The number of hydrogen-bond donors (Lipinski definition) is 1. The standard InChI is InChI=1S/C30H31Cl3FN3O4S/c1-42(40,41)37(24-13-14-27(34)26(33)17-24)19-29(38)36(18-21-11-12-22(31)16-25(21)32)28(15-20-7-3-2-4-8-20)30(39)35-23-9-5-6-10-23/h2-4,7-8,11-14,16-17,23,28H,5-6,9-10,15,18-19H2,1H3,(H,35,39)/t28-/m0/s1. The Morgan fingerprint density at radius 2 is 1.67 bits per heavy atom. The van der Waals surface area contributed by atoms with Crippen molar-refractivity contribution in [1.29, 1.82) is 0 Å². The van der Waals surface area contributed by atoms with Gasteiger partial charge in [-0.2, -0.15) is 0 Å². The lowest BCUT2D eigenvalue weighted by atomic mass is 10.0. The van der Waals surface area contributed by atoms with Gasteiger partial charge in [-0.15, -0.1) is 0 Å². The van der Waals surface area contributed by atoms with Gasteiger partial charge in [-0.25, -0.2) is 12.8 Å². The van der Waals surface area contributed by atoms with Crippen molar-refractivity contribution in [3.05, 3.63) is 98.7 Å². The summed E-state index contributed by atoms with van der Waals surface area (Å²) in [4.78, 5) is 29.4. The molecule has 4 rings (SSSR count). The van der Waals surface area contributed by atoms with Gasteiger partial charge in [0, 0.05) is 29.1 Å². The number of hydrogen-bond acceptors (Lipinski definition) is 4. The van der Waals surface area contributed by atoms with Crippen LogP contribution in [0.5, 0.6) is 0 Å². The molecule has 0 aromatic heterocycles. The van der Waals surface area contributed by atoms with Crippen LogP contribution in [0.1, 0.15) is 36.8 Å². The molecule has 0 spiro atoms. The Morgan fingerprint density at radius 3 is 2.29 bits per heavy atom. The first-order chi connectivity index (χ1) is 19.9. The minimum atomic E-state index is -4.03. The van der Waals surface area contributed by atoms with E-state index in [1.54, 1.807) is 12.1 Å². The van der Waals surface area contributed by atoms with E-state index in [-0.39, 0.29) is 35.6 Å². The quantitative estimate of drug-likeness (QED) is 0.265. The van der Waals surface area contributed by atoms with E-state index in [4.69, 9.17) is 34.8 Å². The highest BCUT2D eigenvalue weighted by atomic mass is 35.5. The molecule has 1 aliphatic carbocycles. The first-order valence-corrected chi connectivity index (χ1v) is 16.4. The van der Waals surface area contributed by atoms with E-state index in [1.165, 1.54) is 17.0 Å². The van der Waals surface area contributed by atoms with E-state index in [0.717, 1.165) is 53.9 Å². The summed E-state index contributed by atoms with van der Waals surface area (Å²) in [6.07, 6.45) is 4.80. The first kappa shape index (κ1) is 32.1. The Kier molecular flexibility index (Phi) is 10.8. The third kappa shape index (κ3) is 8.37. The van der Waals surface area contributed by atoms with Crippen molar-refractivity contribution in [2.45, 2.75) is 50.7 Å². The van der Waals surface area contributed by atoms with E-state index in [2.05, 4.69) is 5.32 Å². The molecule has 1 fully saturated rings. The molecule has 1 saturated carbocycles. The van der Waals surface area contributed by atoms with Crippen LogP contribution >= 0.6 is 34.8 Å². The van der Waals surface area contributed by atoms with E-state index in [9.17, 15) is 22.4 Å². The van der Waals surface area contributed by atoms with Crippen LogP contribution < -0.4 is 9.62 Å². The van der Waals surface area contributed by atoms with Gasteiger partial charge in [0.1, 0.15) is 18.4 Å². The van der Waals surface area contributed by atoms with Gasteiger partial charge >= 0.3 is 0 Å². The molecule has 12 heteroatoms. The van der Waals surface area contributed by atoms with Gasteiger partial charge in [-0.1, -0.05) is 84.0 Å². The predicted octanol–water partition coefficient (Wildman–Crippen LogP) is 6.25. The Morgan fingerprint density at radius 1 is 0.976 bits per heavy atom. The molecule has 0 saturated heterocycles. The molecular formula is C30H31Cl3FN3O4S. The average Bonchev–Trinajstić information content (AvgIpc) is 3.45.